The molecule has 4 heteroatoms. The Labute approximate surface area is 92.0 Å². The molecule has 15 heavy (non-hydrogen) atoms. The van der Waals surface area contributed by atoms with E-state index in [1.54, 1.807) is 13.2 Å². The minimum Gasteiger partial charge on any atom is -0.497 e. The van der Waals surface area contributed by atoms with E-state index in [0.29, 0.717) is 10.7 Å². The Morgan fingerprint density at radius 3 is 2.80 bits per heavy atom. The number of aryl methyl sites for hydroxylation is 1. The average Bonchev–Trinajstić information content (AvgIpc) is 2.54. The number of hydrogen-bond donors (Lipinski definition) is 1. The van der Waals surface area contributed by atoms with Crippen molar-refractivity contribution in [2.45, 2.75) is 6.92 Å². The van der Waals surface area contributed by atoms with E-state index in [4.69, 9.17) is 16.3 Å². The summed E-state index contributed by atoms with van der Waals surface area (Å²) >= 11 is 5.91. The van der Waals surface area contributed by atoms with E-state index in [-0.39, 0.29) is 0 Å². The van der Waals surface area contributed by atoms with Gasteiger partial charge in [-0.05, 0) is 24.6 Å². The number of rotatable bonds is 2. The molecule has 2 aromatic rings. The van der Waals surface area contributed by atoms with Gasteiger partial charge in [-0.3, -0.25) is 4.79 Å². The van der Waals surface area contributed by atoms with Crippen molar-refractivity contribution >= 4 is 28.8 Å². The van der Waals surface area contributed by atoms with Crippen LogP contribution >= 0.6 is 11.6 Å². The largest absolute Gasteiger partial charge is 0.497 e. The molecule has 0 saturated heterocycles. The maximum atomic E-state index is 10.9. The van der Waals surface area contributed by atoms with Crippen molar-refractivity contribution in [3.63, 3.8) is 0 Å². The molecule has 0 spiro atoms. The lowest BCUT2D eigenvalue weighted by Crippen LogP contribution is -1.85. The summed E-state index contributed by atoms with van der Waals surface area (Å²) in [5.41, 5.74) is 2.36. The van der Waals surface area contributed by atoms with Gasteiger partial charge in [-0.25, -0.2) is 0 Å². The number of halogens is 1. The van der Waals surface area contributed by atoms with Gasteiger partial charge in [0.05, 0.1) is 18.2 Å². The Bertz CT molecular complexity index is 531. The lowest BCUT2D eigenvalue weighted by Gasteiger charge is -2.02. The summed E-state index contributed by atoms with van der Waals surface area (Å²) in [4.78, 5) is 13.8. The van der Waals surface area contributed by atoms with Crippen LogP contribution in [0.3, 0.4) is 0 Å². The van der Waals surface area contributed by atoms with E-state index < -0.39 is 0 Å². The third-order valence-corrected chi connectivity index (χ3v) is 2.72. The van der Waals surface area contributed by atoms with Gasteiger partial charge in [0.15, 0.2) is 6.29 Å². The summed E-state index contributed by atoms with van der Waals surface area (Å²) in [6.45, 7) is 1.94. The molecule has 3 nitrogen and oxygen atoms in total. The Balaban J connectivity index is 2.86. The molecule has 0 aliphatic heterocycles. The van der Waals surface area contributed by atoms with Gasteiger partial charge in [0.1, 0.15) is 10.9 Å². The number of aromatic nitrogens is 1. The molecule has 2 rings (SSSR count). The summed E-state index contributed by atoms with van der Waals surface area (Å²) < 4.78 is 5.14. The number of methoxy groups -OCH3 is 1. The number of fused-ring (bicyclic) bond motifs is 1. The number of ether oxygens (including phenoxy) is 1. The lowest BCUT2D eigenvalue weighted by atomic mass is 10.1. The second kappa shape index (κ2) is 3.59. The van der Waals surface area contributed by atoms with Gasteiger partial charge in [-0.15, -0.1) is 0 Å². The summed E-state index contributed by atoms with van der Waals surface area (Å²) in [5, 5.41) is 1.17. The number of carbonyl (C=O) groups is 1. The zero-order valence-electron chi connectivity index (χ0n) is 8.43. The van der Waals surface area contributed by atoms with Crippen molar-refractivity contribution in [2.75, 3.05) is 7.11 Å². The lowest BCUT2D eigenvalue weighted by molar-refractivity contribution is 0.112. The first-order chi connectivity index (χ1) is 7.17. The van der Waals surface area contributed by atoms with Crippen molar-refractivity contribution in [3.05, 3.63) is 28.4 Å². The maximum absolute atomic E-state index is 10.9. The molecule has 0 saturated carbocycles. The number of aldehydes is 1. The standard InChI is InChI=1S/C11H10ClNO2/c1-6-3-7(15-2)4-8-9(5-14)11(12)13-10(6)8/h3-5,13H,1-2H3. The molecule has 1 heterocycles. The minimum absolute atomic E-state index is 0.372. The van der Waals surface area contributed by atoms with Crippen LogP contribution in [-0.4, -0.2) is 18.4 Å². The van der Waals surface area contributed by atoms with E-state index in [1.165, 1.54) is 0 Å². The molecule has 0 atom stereocenters. The smallest absolute Gasteiger partial charge is 0.153 e. The third kappa shape index (κ3) is 1.49. The number of H-pyrrole nitrogens is 1. The second-order valence-electron chi connectivity index (χ2n) is 3.34. The summed E-state index contributed by atoms with van der Waals surface area (Å²) in [7, 11) is 1.59. The Hall–Kier alpha value is -1.48. The second-order valence-corrected chi connectivity index (χ2v) is 3.72. The van der Waals surface area contributed by atoms with Crippen LogP contribution in [0.5, 0.6) is 5.75 Å². The van der Waals surface area contributed by atoms with Crippen LogP contribution in [0.4, 0.5) is 0 Å². The molecule has 0 bridgehead atoms. The molecular formula is C11H10ClNO2. The topological polar surface area (TPSA) is 42.1 Å². The summed E-state index contributed by atoms with van der Waals surface area (Å²) in [6.07, 6.45) is 0.750. The molecule has 1 aromatic heterocycles. The van der Waals surface area contributed by atoms with Crippen LogP contribution in [0.1, 0.15) is 15.9 Å². The monoisotopic (exact) mass is 223 g/mol. The zero-order chi connectivity index (χ0) is 11.0. The molecule has 0 amide bonds. The average molecular weight is 224 g/mol. The summed E-state index contributed by atoms with van der Waals surface area (Å²) in [5.74, 6) is 0.721. The highest BCUT2D eigenvalue weighted by Crippen LogP contribution is 2.30. The third-order valence-electron chi connectivity index (χ3n) is 2.42. The number of aromatic amines is 1. The zero-order valence-corrected chi connectivity index (χ0v) is 9.18. The molecule has 0 aliphatic carbocycles. The van der Waals surface area contributed by atoms with Gasteiger partial charge in [-0.2, -0.15) is 0 Å². The van der Waals surface area contributed by atoms with Crippen molar-refractivity contribution in [1.82, 2.24) is 4.98 Å². The van der Waals surface area contributed by atoms with Crippen LogP contribution in [0, 0.1) is 6.92 Å². The fourth-order valence-electron chi connectivity index (χ4n) is 1.66. The number of benzene rings is 1. The molecule has 0 fully saturated rings. The number of carbonyl (C=O) groups excluding carboxylic acids is 1. The van der Waals surface area contributed by atoms with E-state index >= 15 is 0 Å². The first kappa shape index (κ1) is 10.1. The fourth-order valence-corrected chi connectivity index (χ4v) is 1.90. The molecule has 1 N–H and O–H groups in total. The van der Waals surface area contributed by atoms with Crippen LogP contribution in [-0.2, 0) is 0 Å². The maximum Gasteiger partial charge on any atom is 0.153 e. The first-order valence-electron chi connectivity index (χ1n) is 4.48. The number of hydrogen-bond acceptors (Lipinski definition) is 2. The van der Waals surface area contributed by atoms with Gasteiger partial charge in [0.25, 0.3) is 0 Å². The van der Waals surface area contributed by atoms with Crippen LogP contribution in [0.25, 0.3) is 10.9 Å². The van der Waals surface area contributed by atoms with Crippen LogP contribution in [0.2, 0.25) is 5.15 Å². The van der Waals surface area contributed by atoms with E-state index in [0.717, 1.165) is 28.5 Å². The van der Waals surface area contributed by atoms with Gasteiger partial charge < -0.3 is 9.72 Å². The molecule has 0 aliphatic rings. The highest BCUT2D eigenvalue weighted by atomic mass is 35.5. The van der Waals surface area contributed by atoms with Crippen molar-refractivity contribution in [1.29, 1.82) is 0 Å². The predicted molar refractivity (Wildman–Crippen MR) is 60.0 cm³/mol. The van der Waals surface area contributed by atoms with Crippen molar-refractivity contribution < 1.29 is 9.53 Å². The molecule has 0 radical (unpaired) electrons. The summed E-state index contributed by atoms with van der Waals surface area (Å²) in [6, 6.07) is 3.69. The fraction of sp³-hybridized carbons (Fsp3) is 0.182. The Morgan fingerprint density at radius 1 is 1.47 bits per heavy atom. The van der Waals surface area contributed by atoms with Gasteiger partial charge in [-0.1, -0.05) is 11.6 Å². The Kier molecular flexibility index (Phi) is 2.40. The highest BCUT2D eigenvalue weighted by Gasteiger charge is 2.11. The SMILES string of the molecule is COc1cc(C)c2[nH]c(Cl)c(C=O)c2c1. The van der Waals surface area contributed by atoms with E-state index in [2.05, 4.69) is 4.98 Å². The normalized spacial score (nSPS) is 10.6. The first-order valence-corrected chi connectivity index (χ1v) is 4.86. The van der Waals surface area contributed by atoms with Gasteiger partial charge in [0.2, 0.25) is 0 Å². The highest BCUT2D eigenvalue weighted by molar-refractivity contribution is 6.34. The quantitative estimate of drug-likeness (QED) is 0.796. The van der Waals surface area contributed by atoms with Gasteiger partial charge in [0, 0.05) is 5.39 Å². The molecular weight excluding hydrogens is 214 g/mol. The van der Waals surface area contributed by atoms with E-state index in [9.17, 15) is 4.79 Å². The van der Waals surface area contributed by atoms with Crippen LogP contribution < -0.4 is 4.74 Å². The van der Waals surface area contributed by atoms with E-state index in [1.807, 2.05) is 13.0 Å². The minimum atomic E-state index is 0.372. The van der Waals surface area contributed by atoms with Gasteiger partial charge >= 0.3 is 0 Å². The molecule has 1 aromatic carbocycles. The number of nitrogens with one attached hydrogen (secondary N) is 1. The van der Waals surface area contributed by atoms with Crippen LogP contribution in [0.15, 0.2) is 12.1 Å². The Morgan fingerprint density at radius 2 is 2.20 bits per heavy atom. The molecule has 0 unspecified atom stereocenters. The predicted octanol–water partition coefficient (Wildman–Crippen LogP) is 2.95. The molecule has 78 valence electrons. The van der Waals surface area contributed by atoms with Crippen molar-refractivity contribution in [3.8, 4) is 5.75 Å². The van der Waals surface area contributed by atoms with Crippen molar-refractivity contribution in [2.24, 2.45) is 0 Å².